The predicted octanol–water partition coefficient (Wildman–Crippen LogP) is 4.11. The van der Waals surface area contributed by atoms with E-state index in [1.54, 1.807) is 12.4 Å². The number of pyridine rings is 1. The number of nitrogens with zero attached hydrogens (tertiary/aromatic N) is 1. The van der Waals surface area contributed by atoms with Crippen LogP contribution in [0.15, 0.2) is 47.2 Å². The average molecular weight is 298 g/mol. The number of benzene rings is 1. The molecule has 0 radical (unpaired) electrons. The Morgan fingerprint density at radius 1 is 1.19 bits per heavy atom. The molecular formula is C12H10BrClN2. The summed E-state index contributed by atoms with van der Waals surface area (Å²) in [7, 11) is 0. The van der Waals surface area contributed by atoms with Crippen LogP contribution < -0.4 is 5.32 Å². The molecule has 2 nitrogen and oxygen atoms in total. The van der Waals surface area contributed by atoms with E-state index in [2.05, 4.69) is 26.2 Å². The molecule has 1 aromatic heterocycles. The number of halogens is 2. The Morgan fingerprint density at radius 2 is 1.94 bits per heavy atom. The molecule has 4 heteroatoms. The zero-order valence-electron chi connectivity index (χ0n) is 8.45. The van der Waals surface area contributed by atoms with Crippen molar-refractivity contribution in [1.82, 2.24) is 4.98 Å². The lowest BCUT2D eigenvalue weighted by Gasteiger charge is -2.08. The van der Waals surface area contributed by atoms with Gasteiger partial charge in [-0.1, -0.05) is 27.5 Å². The van der Waals surface area contributed by atoms with Crippen LogP contribution in [0.2, 0.25) is 5.02 Å². The van der Waals surface area contributed by atoms with E-state index in [1.807, 2.05) is 30.3 Å². The molecule has 0 bridgehead atoms. The molecule has 0 aliphatic heterocycles. The third kappa shape index (κ3) is 2.97. The fourth-order valence-electron chi connectivity index (χ4n) is 1.33. The Bertz CT molecular complexity index is 474. The molecule has 0 amide bonds. The van der Waals surface area contributed by atoms with Gasteiger partial charge < -0.3 is 5.32 Å². The van der Waals surface area contributed by atoms with Crippen LogP contribution in [0.1, 0.15) is 5.56 Å². The van der Waals surface area contributed by atoms with Crippen molar-refractivity contribution < 1.29 is 0 Å². The first kappa shape index (κ1) is 11.4. The standard InChI is InChI=1S/C12H10BrClN2/c13-10-1-2-11(14)12(7-10)16-8-9-3-5-15-6-4-9/h1-7,16H,8H2. The minimum Gasteiger partial charge on any atom is -0.380 e. The van der Waals surface area contributed by atoms with Crippen LogP contribution in [0, 0.1) is 0 Å². The summed E-state index contributed by atoms with van der Waals surface area (Å²) < 4.78 is 1.01. The van der Waals surface area contributed by atoms with Gasteiger partial charge >= 0.3 is 0 Å². The third-order valence-electron chi connectivity index (χ3n) is 2.16. The second-order valence-electron chi connectivity index (χ2n) is 3.33. The average Bonchev–Trinajstić information content (AvgIpc) is 2.32. The van der Waals surface area contributed by atoms with Crippen LogP contribution in [0.4, 0.5) is 5.69 Å². The summed E-state index contributed by atoms with van der Waals surface area (Å²) in [6.07, 6.45) is 3.55. The van der Waals surface area contributed by atoms with E-state index in [0.717, 1.165) is 21.7 Å². The first-order valence-electron chi connectivity index (χ1n) is 4.83. The number of hydrogen-bond acceptors (Lipinski definition) is 2. The summed E-state index contributed by atoms with van der Waals surface area (Å²) in [5.74, 6) is 0. The molecule has 0 fully saturated rings. The van der Waals surface area contributed by atoms with Gasteiger partial charge in [0.05, 0.1) is 10.7 Å². The Labute approximate surface area is 108 Å². The molecule has 0 aliphatic carbocycles. The maximum absolute atomic E-state index is 6.07. The molecule has 1 N–H and O–H groups in total. The highest BCUT2D eigenvalue weighted by Crippen LogP contribution is 2.25. The predicted molar refractivity (Wildman–Crippen MR) is 70.7 cm³/mol. The Hall–Kier alpha value is -1.06. The molecular weight excluding hydrogens is 288 g/mol. The molecule has 0 unspecified atom stereocenters. The second kappa shape index (κ2) is 5.32. The molecule has 2 aromatic rings. The van der Waals surface area contributed by atoms with Crippen molar-refractivity contribution in [1.29, 1.82) is 0 Å². The molecule has 82 valence electrons. The van der Waals surface area contributed by atoms with E-state index in [9.17, 15) is 0 Å². The zero-order chi connectivity index (χ0) is 11.4. The highest BCUT2D eigenvalue weighted by molar-refractivity contribution is 9.10. The molecule has 1 heterocycles. The fraction of sp³-hybridized carbons (Fsp3) is 0.0833. The van der Waals surface area contributed by atoms with E-state index in [-0.39, 0.29) is 0 Å². The molecule has 0 aliphatic rings. The van der Waals surface area contributed by atoms with E-state index < -0.39 is 0 Å². The van der Waals surface area contributed by atoms with E-state index >= 15 is 0 Å². The van der Waals surface area contributed by atoms with Gasteiger partial charge in [0.25, 0.3) is 0 Å². The van der Waals surface area contributed by atoms with Crippen LogP contribution in [0.5, 0.6) is 0 Å². The van der Waals surface area contributed by atoms with Crippen LogP contribution in [-0.4, -0.2) is 4.98 Å². The largest absolute Gasteiger partial charge is 0.380 e. The second-order valence-corrected chi connectivity index (χ2v) is 4.66. The van der Waals surface area contributed by atoms with E-state index in [1.165, 1.54) is 5.56 Å². The van der Waals surface area contributed by atoms with Gasteiger partial charge in [-0.25, -0.2) is 0 Å². The number of rotatable bonds is 3. The Kier molecular flexibility index (Phi) is 3.80. The van der Waals surface area contributed by atoms with Crippen LogP contribution in [0.25, 0.3) is 0 Å². The topological polar surface area (TPSA) is 24.9 Å². The van der Waals surface area contributed by atoms with Crippen molar-refractivity contribution in [2.24, 2.45) is 0 Å². The summed E-state index contributed by atoms with van der Waals surface area (Å²) >= 11 is 9.48. The van der Waals surface area contributed by atoms with Crippen molar-refractivity contribution in [3.8, 4) is 0 Å². The third-order valence-corrected chi connectivity index (χ3v) is 2.98. The molecule has 16 heavy (non-hydrogen) atoms. The minimum atomic E-state index is 0.720. The molecule has 1 aromatic carbocycles. The Morgan fingerprint density at radius 3 is 2.69 bits per heavy atom. The molecule has 0 saturated heterocycles. The minimum absolute atomic E-state index is 0.720. The summed E-state index contributed by atoms with van der Waals surface area (Å²) in [6, 6.07) is 9.68. The summed E-state index contributed by atoms with van der Waals surface area (Å²) in [5, 5.41) is 4.00. The lowest BCUT2D eigenvalue weighted by Crippen LogP contribution is -1.99. The van der Waals surface area contributed by atoms with Crippen molar-refractivity contribution in [3.05, 3.63) is 57.8 Å². The summed E-state index contributed by atoms with van der Waals surface area (Å²) in [6.45, 7) is 0.735. The maximum Gasteiger partial charge on any atom is 0.0638 e. The number of nitrogens with one attached hydrogen (secondary N) is 1. The van der Waals surface area contributed by atoms with Gasteiger partial charge in [0.15, 0.2) is 0 Å². The SMILES string of the molecule is Clc1ccc(Br)cc1NCc1ccncc1. The molecule has 0 spiro atoms. The lowest BCUT2D eigenvalue weighted by molar-refractivity contribution is 1.13. The van der Waals surface area contributed by atoms with Crippen LogP contribution in [0.3, 0.4) is 0 Å². The lowest BCUT2D eigenvalue weighted by atomic mass is 10.2. The van der Waals surface area contributed by atoms with Gasteiger partial charge in [0.2, 0.25) is 0 Å². The summed E-state index contributed by atoms with van der Waals surface area (Å²) in [4.78, 5) is 3.97. The van der Waals surface area contributed by atoms with Gasteiger partial charge in [-0.15, -0.1) is 0 Å². The highest BCUT2D eigenvalue weighted by atomic mass is 79.9. The van der Waals surface area contributed by atoms with E-state index in [4.69, 9.17) is 11.6 Å². The number of hydrogen-bond donors (Lipinski definition) is 1. The summed E-state index contributed by atoms with van der Waals surface area (Å²) in [5.41, 5.74) is 2.10. The smallest absolute Gasteiger partial charge is 0.0638 e. The number of anilines is 1. The van der Waals surface area contributed by atoms with Gasteiger partial charge in [-0.2, -0.15) is 0 Å². The van der Waals surface area contributed by atoms with Gasteiger partial charge in [0.1, 0.15) is 0 Å². The van der Waals surface area contributed by atoms with Crippen LogP contribution in [-0.2, 0) is 6.54 Å². The highest BCUT2D eigenvalue weighted by Gasteiger charge is 2.00. The van der Waals surface area contributed by atoms with Crippen molar-refractivity contribution >= 4 is 33.2 Å². The Balaban J connectivity index is 2.08. The monoisotopic (exact) mass is 296 g/mol. The first-order chi connectivity index (χ1) is 7.75. The van der Waals surface area contributed by atoms with E-state index in [0.29, 0.717) is 0 Å². The van der Waals surface area contributed by atoms with Crippen molar-refractivity contribution in [3.63, 3.8) is 0 Å². The zero-order valence-corrected chi connectivity index (χ0v) is 10.8. The maximum atomic E-state index is 6.07. The molecule has 0 saturated carbocycles. The van der Waals surface area contributed by atoms with Gasteiger partial charge in [-0.3, -0.25) is 4.98 Å². The van der Waals surface area contributed by atoms with Crippen molar-refractivity contribution in [2.75, 3.05) is 5.32 Å². The quantitative estimate of drug-likeness (QED) is 0.922. The molecule has 2 rings (SSSR count). The number of aromatic nitrogens is 1. The normalized spacial score (nSPS) is 10.1. The van der Waals surface area contributed by atoms with Crippen LogP contribution >= 0.6 is 27.5 Å². The first-order valence-corrected chi connectivity index (χ1v) is 6.00. The van der Waals surface area contributed by atoms with Gasteiger partial charge in [0, 0.05) is 23.4 Å². The van der Waals surface area contributed by atoms with Gasteiger partial charge in [-0.05, 0) is 35.9 Å². The fourth-order valence-corrected chi connectivity index (χ4v) is 1.88. The van der Waals surface area contributed by atoms with Crippen molar-refractivity contribution in [2.45, 2.75) is 6.54 Å². The molecule has 0 atom stereocenters.